The molecule has 0 radical (unpaired) electrons. The lowest BCUT2D eigenvalue weighted by atomic mass is 10.1. The third-order valence-corrected chi connectivity index (χ3v) is 4.06. The SMILES string of the molecule is C1=C(Cc2ccccc2)n2cnc3ncnc(c32)S1. The van der Waals surface area contributed by atoms with Crippen LogP contribution in [0.5, 0.6) is 0 Å². The Morgan fingerprint density at radius 2 is 1.95 bits per heavy atom. The van der Waals surface area contributed by atoms with Crippen molar-refractivity contribution in [1.29, 1.82) is 0 Å². The van der Waals surface area contributed by atoms with E-state index in [0.717, 1.165) is 22.6 Å². The molecule has 0 unspecified atom stereocenters. The monoisotopic (exact) mass is 266 g/mol. The fourth-order valence-corrected chi connectivity index (χ4v) is 3.10. The first-order valence-electron chi connectivity index (χ1n) is 6.00. The van der Waals surface area contributed by atoms with Crippen molar-refractivity contribution in [2.24, 2.45) is 0 Å². The van der Waals surface area contributed by atoms with Crippen molar-refractivity contribution >= 4 is 28.6 Å². The Morgan fingerprint density at radius 1 is 1.05 bits per heavy atom. The number of rotatable bonds is 2. The summed E-state index contributed by atoms with van der Waals surface area (Å²) in [6, 6.07) is 10.4. The second kappa shape index (κ2) is 4.20. The first-order chi connectivity index (χ1) is 9.42. The van der Waals surface area contributed by atoms with Crippen LogP contribution in [-0.4, -0.2) is 19.5 Å². The highest BCUT2D eigenvalue weighted by atomic mass is 32.2. The Labute approximate surface area is 114 Å². The van der Waals surface area contributed by atoms with Crippen molar-refractivity contribution in [3.63, 3.8) is 0 Å². The van der Waals surface area contributed by atoms with Crippen LogP contribution in [0.2, 0.25) is 0 Å². The van der Waals surface area contributed by atoms with Crippen LogP contribution in [0.1, 0.15) is 5.56 Å². The largest absolute Gasteiger partial charge is 0.298 e. The van der Waals surface area contributed by atoms with Gasteiger partial charge in [-0.25, -0.2) is 15.0 Å². The Kier molecular flexibility index (Phi) is 2.38. The van der Waals surface area contributed by atoms with Gasteiger partial charge in [0.15, 0.2) is 5.65 Å². The fourth-order valence-electron chi connectivity index (χ4n) is 2.25. The van der Waals surface area contributed by atoms with Crippen LogP contribution in [0, 0.1) is 0 Å². The van der Waals surface area contributed by atoms with Crippen molar-refractivity contribution in [2.75, 3.05) is 0 Å². The van der Waals surface area contributed by atoms with Gasteiger partial charge in [0.2, 0.25) is 0 Å². The van der Waals surface area contributed by atoms with E-state index in [9.17, 15) is 0 Å². The van der Waals surface area contributed by atoms with Gasteiger partial charge < -0.3 is 0 Å². The molecule has 4 nitrogen and oxygen atoms in total. The Hall–Kier alpha value is -2.14. The standard InChI is InChI=1S/C14H10N4S/c1-2-4-10(5-3-1)6-11-7-19-14-12-13(15-8-16-14)17-9-18(11)12/h1-5,7-9H,6H2. The molecule has 0 saturated carbocycles. The first-order valence-corrected chi connectivity index (χ1v) is 6.88. The van der Waals surface area contributed by atoms with Gasteiger partial charge in [0.25, 0.3) is 0 Å². The van der Waals surface area contributed by atoms with Gasteiger partial charge in [-0.05, 0) is 11.0 Å². The molecule has 0 N–H and O–H groups in total. The topological polar surface area (TPSA) is 43.6 Å². The van der Waals surface area contributed by atoms with Crippen molar-refractivity contribution in [2.45, 2.75) is 11.4 Å². The van der Waals surface area contributed by atoms with Gasteiger partial charge in [-0.1, -0.05) is 42.1 Å². The number of benzene rings is 1. The average molecular weight is 266 g/mol. The van der Waals surface area contributed by atoms with Gasteiger partial charge in [-0.2, -0.15) is 0 Å². The van der Waals surface area contributed by atoms with Crippen molar-refractivity contribution in [3.8, 4) is 0 Å². The minimum absolute atomic E-state index is 0.760. The zero-order valence-electron chi connectivity index (χ0n) is 10.0. The van der Waals surface area contributed by atoms with Gasteiger partial charge in [-0.15, -0.1) is 0 Å². The number of allylic oxidation sites excluding steroid dienone is 1. The molecule has 5 heteroatoms. The van der Waals surface area contributed by atoms with E-state index >= 15 is 0 Å². The lowest BCUT2D eigenvalue weighted by Gasteiger charge is -2.15. The summed E-state index contributed by atoms with van der Waals surface area (Å²) >= 11 is 1.64. The molecular formula is C14H10N4S. The molecular weight excluding hydrogens is 256 g/mol. The number of nitrogens with zero attached hydrogens (tertiary/aromatic N) is 4. The van der Waals surface area contributed by atoms with Crippen LogP contribution in [0.3, 0.4) is 0 Å². The molecule has 1 aliphatic rings. The van der Waals surface area contributed by atoms with E-state index in [1.807, 2.05) is 12.4 Å². The van der Waals surface area contributed by atoms with E-state index in [4.69, 9.17) is 0 Å². The van der Waals surface area contributed by atoms with Crippen LogP contribution in [0.4, 0.5) is 0 Å². The molecule has 0 spiro atoms. The Morgan fingerprint density at radius 3 is 2.84 bits per heavy atom. The quantitative estimate of drug-likeness (QED) is 0.669. The number of aromatic nitrogens is 4. The van der Waals surface area contributed by atoms with Crippen LogP contribution in [0.25, 0.3) is 16.9 Å². The summed E-state index contributed by atoms with van der Waals surface area (Å²) in [5.74, 6) is 0. The maximum Gasteiger partial charge on any atom is 0.182 e. The second-order valence-electron chi connectivity index (χ2n) is 4.36. The minimum Gasteiger partial charge on any atom is -0.298 e. The summed E-state index contributed by atoms with van der Waals surface area (Å²) in [7, 11) is 0. The van der Waals surface area contributed by atoms with E-state index in [1.54, 1.807) is 18.1 Å². The molecule has 1 aliphatic heterocycles. The van der Waals surface area contributed by atoms with Crippen LogP contribution in [0.15, 0.2) is 53.4 Å². The van der Waals surface area contributed by atoms with Crippen molar-refractivity contribution in [1.82, 2.24) is 19.5 Å². The molecule has 4 rings (SSSR count). The summed E-state index contributed by atoms with van der Waals surface area (Å²) in [4.78, 5) is 12.8. The average Bonchev–Trinajstić information content (AvgIpc) is 2.89. The molecule has 19 heavy (non-hydrogen) atoms. The van der Waals surface area contributed by atoms with Crippen LogP contribution in [-0.2, 0) is 6.42 Å². The summed E-state index contributed by atoms with van der Waals surface area (Å²) in [6.45, 7) is 0. The summed E-state index contributed by atoms with van der Waals surface area (Å²) in [6.07, 6.45) is 4.28. The Bertz CT molecular complexity index is 777. The molecule has 0 bridgehead atoms. The Balaban J connectivity index is 1.79. The lowest BCUT2D eigenvalue weighted by molar-refractivity contribution is 1.01. The lowest BCUT2D eigenvalue weighted by Crippen LogP contribution is -2.03. The fraction of sp³-hybridized carbons (Fsp3) is 0.0714. The highest BCUT2D eigenvalue weighted by Gasteiger charge is 2.17. The number of hydrogen-bond donors (Lipinski definition) is 0. The molecule has 1 aromatic carbocycles. The normalized spacial score (nSPS) is 13.6. The van der Waals surface area contributed by atoms with Crippen molar-refractivity contribution < 1.29 is 0 Å². The maximum atomic E-state index is 4.34. The van der Waals surface area contributed by atoms with E-state index in [0.29, 0.717) is 0 Å². The van der Waals surface area contributed by atoms with E-state index in [2.05, 4.69) is 49.2 Å². The maximum absolute atomic E-state index is 4.34. The predicted octanol–water partition coefficient (Wildman–Crippen LogP) is 2.97. The molecule has 3 heterocycles. The van der Waals surface area contributed by atoms with Gasteiger partial charge in [0.05, 0.1) is 0 Å². The van der Waals surface area contributed by atoms with E-state index in [1.165, 1.54) is 11.3 Å². The molecule has 0 atom stereocenters. The van der Waals surface area contributed by atoms with E-state index in [-0.39, 0.29) is 0 Å². The second-order valence-corrected chi connectivity index (χ2v) is 5.21. The van der Waals surface area contributed by atoms with Crippen molar-refractivity contribution in [3.05, 3.63) is 54.0 Å². The molecule has 2 aromatic heterocycles. The minimum atomic E-state index is 0.760. The summed E-state index contributed by atoms with van der Waals surface area (Å²) in [5.41, 5.74) is 4.27. The summed E-state index contributed by atoms with van der Waals surface area (Å²) < 4.78 is 2.09. The predicted molar refractivity (Wildman–Crippen MR) is 75.6 cm³/mol. The first kappa shape index (κ1) is 10.8. The molecule has 3 aromatic rings. The van der Waals surface area contributed by atoms with Gasteiger partial charge >= 0.3 is 0 Å². The molecule has 0 amide bonds. The number of thioether (sulfide) groups is 1. The molecule has 92 valence electrons. The van der Waals surface area contributed by atoms with Crippen LogP contribution < -0.4 is 0 Å². The highest BCUT2D eigenvalue weighted by Crippen LogP contribution is 2.34. The highest BCUT2D eigenvalue weighted by molar-refractivity contribution is 8.02. The molecule has 0 saturated heterocycles. The number of hydrogen-bond acceptors (Lipinski definition) is 4. The number of imidazole rings is 1. The third kappa shape index (κ3) is 1.74. The molecule has 0 fully saturated rings. The van der Waals surface area contributed by atoms with Gasteiger partial charge in [0.1, 0.15) is 23.2 Å². The van der Waals surface area contributed by atoms with Crippen LogP contribution >= 0.6 is 11.8 Å². The zero-order valence-corrected chi connectivity index (χ0v) is 10.8. The zero-order chi connectivity index (χ0) is 12.7. The van der Waals surface area contributed by atoms with Gasteiger partial charge in [0, 0.05) is 12.1 Å². The van der Waals surface area contributed by atoms with Gasteiger partial charge in [-0.3, -0.25) is 4.57 Å². The smallest absolute Gasteiger partial charge is 0.182 e. The molecule has 0 aliphatic carbocycles. The summed E-state index contributed by atoms with van der Waals surface area (Å²) in [5, 5.41) is 3.11. The third-order valence-electron chi connectivity index (χ3n) is 3.15. The van der Waals surface area contributed by atoms with E-state index < -0.39 is 0 Å².